The number of carbonyl (C=O) groups excluding carboxylic acids is 8. The molecule has 1 aromatic heterocycles. The molecule has 2 aliphatic rings. The number of nitrogens with zero attached hydrogens (tertiary/aromatic N) is 6. The lowest BCUT2D eigenvalue weighted by Crippen LogP contribution is -2.54. The molecule has 5 amide bonds. The summed E-state index contributed by atoms with van der Waals surface area (Å²) in [6, 6.07) is 18.0. The molecule has 0 spiro atoms. The summed E-state index contributed by atoms with van der Waals surface area (Å²) in [5.41, 5.74) is 1.82. The zero-order valence-electron chi connectivity index (χ0n) is 50.0. The number of amides is 5. The zero-order chi connectivity index (χ0) is 59.3. The van der Waals surface area contributed by atoms with Crippen molar-refractivity contribution in [1.82, 2.24) is 35.1 Å². The molecule has 0 radical (unpaired) electrons. The van der Waals surface area contributed by atoms with Crippen molar-refractivity contribution in [1.29, 1.82) is 0 Å². The van der Waals surface area contributed by atoms with Gasteiger partial charge in [-0.1, -0.05) is 110 Å². The van der Waals surface area contributed by atoms with Gasteiger partial charge in [-0.05, 0) is 87.6 Å². The SMILES string of the molecule is CC[C@H](C)[C@@H]([C@@H](CC(=O)N1CCC[C@H]1[C@H](OC)[C@@H](C)C(=O)C[C@@H](Cc1ccccc1)c1nnc(-c2ccccc2)o1)OC)N(C)C(=O)[C@@H](CC(=O)[C@H](C(C)C)N(C)CCCC(=O)CNC(=O)CCCCCN1C(=O)C=CC1=O)C(C)C. The molecule has 3 aromatic rings. The van der Waals surface area contributed by atoms with E-state index < -0.39 is 42.0 Å². The third-order valence-electron chi connectivity index (χ3n) is 16.6. The summed E-state index contributed by atoms with van der Waals surface area (Å²) in [5.74, 6) is -2.69. The third kappa shape index (κ3) is 18.6. The van der Waals surface area contributed by atoms with Gasteiger partial charge in [0.1, 0.15) is 5.78 Å². The first kappa shape index (κ1) is 65.6. The fourth-order valence-electron chi connectivity index (χ4n) is 11.8. The summed E-state index contributed by atoms with van der Waals surface area (Å²) in [7, 11) is 6.76. The van der Waals surface area contributed by atoms with Gasteiger partial charge in [0, 0.05) is 95.5 Å². The van der Waals surface area contributed by atoms with Crippen LogP contribution >= 0.6 is 0 Å². The van der Waals surface area contributed by atoms with E-state index in [0.717, 1.165) is 17.5 Å². The van der Waals surface area contributed by atoms with Crippen LogP contribution in [-0.4, -0.2) is 162 Å². The number of ether oxygens (including phenoxy) is 2. The van der Waals surface area contributed by atoms with Crippen molar-refractivity contribution in [3.05, 3.63) is 84.3 Å². The Balaban J connectivity index is 1.17. The van der Waals surface area contributed by atoms with Crippen molar-refractivity contribution in [2.45, 2.75) is 168 Å². The molecule has 1 saturated heterocycles. The van der Waals surface area contributed by atoms with Crippen molar-refractivity contribution in [2.75, 3.05) is 54.5 Å². The Morgan fingerprint density at radius 1 is 0.778 bits per heavy atom. The quantitative estimate of drug-likeness (QED) is 0.0430. The molecule has 2 aliphatic heterocycles. The molecule has 1 N–H and O–H groups in total. The Morgan fingerprint density at radius 3 is 2.06 bits per heavy atom. The van der Waals surface area contributed by atoms with Crippen LogP contribution in [0.2, 0.25) is 0 Å². The summed E-state index contributed by atoms with van der Waals surface area (Å²) < 4.78 is 18.5. The number of methoxy groups -OCH3 is 2. The maximum Gasteiger partial charge on any atom is 0.253 e. The van der Waals surface area contributed by atoms with Gasteiger partial charge in [-0.25, -0.2) is 0 Å². The number of nitrogens with one attached hydrogen (secondary N) is 1. The number of imide groups is 1. The molecule has 0 unspecified atom stereocenters. The number of rotatable bonds is 36. The number of hydrogen-bond donors (Lipinski definition) is 1. The molecular weight excluding hydrogens is 1030 g/mol. The highest BCUT2D eigenvalue weighted by Crippen LogP contribution is 2.34. The number of likely N-dealkylation sites (tertiary alicyclic amines) is 1. The third-order valence-corrected chi connectivity index (χ3v) is 16.6. The van der Waals surface area contributed by atoms with Gasteiger partial charge in [0.15, 0.2) is 11.6 Å². The van der Waals surface area contributed by atoms with Gasteiger partial charge in [-0.15, -0.1) is 10.2 Å². The van der Waals surface area contributed by atoms with E-state index >= 15 is 0 Å². The van der Waals surface area contributed by atoms with Gasteiger partial charge < -0.3 is 29.0 Å². The van der Waals surface area contributed by atoms with E-state index in [1.54, 1.807) is 26.2 Å². The first-order valence-corrected chi connectivity index (χ1v) is 29.3. The molecule has 18 heteroatoms. The average molecular weight is 1120 g/mol. The summed E-state index contributed by atoms with van der Waals surface area (Å²) in [4.78, 5) is 114. The van der Waals surface area contributed by atoms with Crippen LogP contribution in [0.15, 0.2) is 77.2 Å². The summed E-state index contributed by atoms with van der Waals surface area (Å²) >= 11 is 0. The molecule has 3 heterocycles. The van der Waals surface area contributed by atoms with Gasteiger partial charge in [0.05, 0.1) is 43.3 Å². The maximum atomic E-state index is 14.8. The Kier molecular flexibility index (Phi) is 26.2. The van der Waals surface area contributed by atoms with Crippen molar-refractivity contribution in [3.8, 4) is 11.5 Å². The fourth-order valence-corrected chi connectivity index (χ4v) is 11.8. The van der Waals surface area contributed by atoms with E-state index in [-0.39, 0.29) is 109 Å². The highest BCUT2D eigenvalue weighted by Gasteiger charge is 2.44. The van der Waals surface area contributed by atoms with Gasteiger partial charge in [-0.2, -0.15) is 0 Å². The molecule has 81 heavy (non-hydrogen) atoms. The summed E-state index contributed by atoms with van der Waals surface area (Å²) in [6.07, 6.45) is 6.68. The number of benzene rings is 2. The van der Waals surface area contributed by atoms with Crippen LogP contribution in [-0.2, 0) is 54.3 Å². The van der Waals surface area contributed by atoms with Crippen molar-refractivity contribution in [2.24, 2.45) is 29.6 Å². The number of carbonyl (C=O) groups is 8. The van der Waals surface area contributed by atoms with Gasteiger partial charge in [-0.3, -0.25) is 48.2 Å². The molecule has 0 saturated carbocycles. The molecule has 2 aromatic carbocycles. The number of hydrogen-bond acceptors (Lipinski definition) is 14. The number of likely N-dealkylation sites (N-methyl/N-ethyl adjacent to an activating group) is 2. The van der Waals surface area contributed by atoms with E-state index in [4.69, 9.17) is 13.9 Å². The number of ketones is 3. The van der Waals surface area contributed by atoms with Crippen LogP contribution in [0.3, 0.4) is 0 Å². The van der Waals surface area contributed by atoms with Gasteiger partial charge >= 0.3 is 0 Å². The Hall–Kier alpha value is -6.24. The second-order valence-corrected chi connectivity index (χ2v) is 23.0. The van der Waals surface area contributed by atoms with E-state index in [2.05, 4.69) is 15.5 Å². The highest BCUT2D eigenvalue weighted by atomic mass is 16.5. The van der Waals surface area contributed by atoms with E-state index in [1.807, 2.05) is 126 Å². The lowest BCUT2D eigenvalue weighted by atomic mass is 9.83. The summed E-state index contributed by atoms with van der Waals surface area (Å²) in [6.45, 7) is 14.9. The van der Waals surface area contributed by atoms with Crippen LogP contribution in [0.4, 0.5) is 0 Å². The van der Waals surface area contributed by atoms with Crippen LogP contribution in [0.1, 0.15) is 143 Å². The zero-order valence-corrected chi connectivity index (χ0v) is 50.0. The first-order chi connectivity index (χ1) is 38.7. The Bertz CT molecular complexity index is 2550. The van der Waals surface area contributed by atoms with Crippen LogP contribution in [0.25, 0.3) is 11.5 Å². The molecule has 0 bridgehead atoms. The standard InChI is InChI=1S/C63H91N7O11/c1-12-43(6)59(68(9)63(78)49(41(2)3)38-52(73)58(42(4)5)67(8)33-22-28-48(71)40-64-54(74)30-20-15-21-34-70-55(75)31-32-56(70)76)53(79-10)39-57(77)69-35-23-29-50(69)60(80-11)44(7)51(72)37-47(36-45-24-16-13-17-25-45)62-66-65-61(81-62)46-26-18-14-19-27-46/h13-14,16-19,24-27,31-32,41-44,47,49-50,53,58-60H,12,15,20-23,28-30,33-40H2,1-11H3,(H,64,74)/t43-,44-,47+,49-,50-,53+,58-,59-,60+/m0/s1. The molecule has 0 aliphatic carbocycles. The van der Waals surface area contributed by atoms with Gasteiger partial charge in [0.2, 0.25) is 29.5 Å². The van der Waals surface area contributed by atoms with E-state index in [1.165, 1.54) is 17.1 Å². The monoisotopic (exact) mass is 1120 g/mol. The second kappa shape index (κ2) is 32.4. The van der Waals surface area contributed by atoms with Crippen molar-refractivity contribution < 1.29 is 52.2 Å². The Morgan fingerprint density at radius 2 is 1.44 bits per heavy atom. The van der Waals surface area contributed by atoms with E-state index in [9.17, 15) is 38.4 Å². The number of unbranched alkanes of at least 4 members (excludes halogenated alkanes) is 2. The summed E-state index contributed by atoms with van der Waals surface area (Å²) in [5, 5.41) is 11.5. The highest BCUT2D eigenvalue weighted by molar-refractivity contribution is 6.12. The van der Waals surface area contributed by atoms with Crippen LogP contribution < -0.4 is 5.32 Å². The van der Waals surface area contributed by atoms with E-state index in [0.29, 0.717) is 76.4 Å². The lowest BCUT2D eigenvalue weighted by Gasteiger charge is -2.41. The first-order valence-electron chi connectivity index (χ1n) is 29.3. The molecule has 18 nitrogen and oxygen atoms in total. The van der Waals surface area contributed by atoms with Crippen LogP contribution in [0, 0.1) is 29.6 Å². The van der Waals surface area contributed by atoms with Crippen molar-refractivity contribution in [3.63, 3.8) is 0 Å². The smallest absolute Gasteiger partial charge is 0.253 e. The van der Waals surface area contributed by atoms with Crippen LogP contribution in [0.5, 0.6) is 0 Å². The molecule has 5 rings (SSSR count). The van der Waals surface area contributed by atoms with Gasteiger partial charge in [0.25, 0.3) is 11.8 Å². The number of aromatic nitrogens is 2. The topological polar surface area (TPSA) is 219 Å². The molecule has 444 valence electrons. The van der Waals surface area contributed by atoms with Crippen molar-refractivity contribution >= 4 is 46.9 Å². The fraction of sp³-hybridized carbons (Fsp3) is 0.619. The molecular formula is C63H91N7O11. The molecule has 9 atom stereocenters. The predicted octanol–water partition coefficient (Wildman–Crippen LogP) is 8.08. The second-order valence-electron chi connectivity index (χ2n) is 23.0. The minimum Gasteiger partial charge on any atom is -0.420 e. The minimum atomic E-state index is -0.679. The number of Topliss-reactive ketones (excluding diaryl/α,β-unsaturated/α-hetero) is 3. The minimum absolute atomic E-state index is 0.00801. The lowest BCUT2D eigenvalue weighted by molar-refractivity contribution is -0.149. The maximum absolute atomic E-state index is 14.8. The largest absolute Gasteiger partial charge is 0.420 e. The Labute approximate surface area is 480 Å². The molecule has 1 fully saturated rings. The normalized spacial score (nSPS) is 17.5. The average Bonchev–Trinajstić information content (AvgIpc) is 4.23. The predicted molar refractivity (Wildman–Crippen MR) is 309 cm³/mol.